The first-order valence-electron chi connectivity index (χ1n) is 8.97. The van der Waals surface area contributed by atoms with Crippen molar-refractivity contribution in [1.82, 2.24) is 0 Å². The van der Waals surface area contributed by atoms with Crippen LogP contribution in [0.2, 0.25) is 0 Å². The van der Waals surface area contributed by atoms with Gasteiger partial charge < -0.3 is 14.8 Å². The highest BCUT2D eigenvalue weighted by Gasteiger charge is 2.13. The highest BCUT2D eigenvalue weighted by atomic mass is 16.5. The Morgan fingerprint density at radius 1 is 0.963 bits per heavy atom. The molecule has 5 nitrogen and oxygen atoms in total. The normalized spacial score (nSPS) is 11.0. The van der Waals surface area contributed by atoms with Crippen LogP contribution in [-0.4, -0.2) is 25.6 Å². The zero-order valence-electron chi connectivity index (χ0n) is 16.4. The van der Waals surface area contributed by atoms with E-state index in [1.807, 2.05) is 48.5 Å². The monoisotopic (exact) mass is 369 g/mol. The summed E-state index contributed by atoms with van der Waals surface area (Å²) in [7, 11) is 1.61. The molecule has 0 fully saturated rings. The van der Waals surface area contributed by atoms with E-state index in [4.69, 9.17) is 9.47 Å². The molecular weight excluding hydrogens is 342 g/mol. The van der Waals surface area contributed by atoms with Gasteiger partial charge in [-0.25, -0.2) is 0 Å². The first-order valence-corrected chi connectivity index (χ1v) is 8.97. The number of aryl methyl sites for hydroxylation is 1. The molecule has 2 aromatic carbocycles. The number of methoxy groups -OCH3 is 1. The minimum atomic E-state index is -0.399. The first-order chi connectivity index (χ1) is 12.8. The summed E-state index contributed by atoms with van der Waals surface area (Å²) in [5.41, 5.74) is 2.94. The third-order valence-corrected chi connectivity index (χ3v) is 4.18. The minimum Gasteiger partial charge on any atom is -0.497 e. The van der Waals surface area contributed by atoms with Gasteiger partial charge in [-0.1, -0.05) is 45.0 Å². The number of carbonyl (C=O) groups is 2. The largest absolute Gasteiger partial charge is 0.497 e. The fourth-order valence-electron chi connectivity index (χ4n) is 2.51. The molecule has 0 saturated heterocycles. The lowest BCUT2D eigenvalue weighted by molar-refractivity contribution is -0.147. The lowest BCUT2D eigenvalue weighted by Crippen LogP contribution is -2.21. The number of hydrogen-bond donors (Lipinski definition) is 1. The maximum Gasteiger partial charge on any atom is 0.306 e. The van der Waals surface area contributed by atoms with Gasteiger partial charge in [-0.05, 0) is 47.2 Å². The van der Waals surface area contributed by atoms with Crippen LogP contribution >= 0.6 is 0 Å². The van der Waals surface area contributed by atoms with Gasteiger partial charge in [-0.15, -0.1) is 0 Å². The van der Waals surface area contributed by atoms with Crippen LogP contribution in [-0.2, 0) is 26.2 Å². The van der Waals surface area contributed by atoms with Gasteiger partial charge in [-0.3, -0.25) is 9.59 Å². The van der Waals surface area contributed by atoms with Crippen molar-refractivity contribution in [2.75, 3.05) is 19.0 Å². The molecule has 144 valence electrons. The maximum absolute atomic E-state index is 11.9. The molecule has 5 heteroatoms. The Morgan fingerprint density at radius 3 is 2.15 bits per heavy atom. The van der Waals surface area contributed by atoms with Crippen molar-refractivity contribution in [2.24, 2.45) is 0 Å². The molecule has 0 unspecified atom stereocenters. The number of hydrogen-bond acceptors (Lipinski definition) is 4. The van der Waals surface area contributed by atoms with Crippen molar-refractivity contribution in [3.63, 3.8) is 0 Å². The van der Waals surface area contributed by atoms with Crippen molar-refractivity contribution in [1.29, 1.82) is 0 Å². The molecule has 0 heterocycles. The molecular formula is C22H27NO4. The molecule has 0 atom stereocenters. The summed E-state index contributed by atoms with van der Waals surface area (Å²) in [5.74, 6) is 0.0221. The highest BCUT2D eigenvalue weighted by molar-refractivity contribution is 5.92. The molecule has 2 aromatic rings. The van der Waals surface area contributed by atoms with Gasteiger partial charge in [0.25, 0.3) is 5.91 Å². The van der Waals surface area contributed by atoms with Gasteiger partial charge in [0.2, 0.25) is 0 Å². The lowest BCUT2D eigenvalue weighted by Gasteiger charge is -2.19. The summed E-state index contributed by atoms with van der Waals surface area (Å²) in [6, 6.07) is 15.2. The Labute approximate surface area is 160 Å². The van der Waals surface area contributed by atoms with Gasteiger partial charge in [0, 0.05) is 12.1 Å². The van der Waals surface area contributed by atoms with E-state index in [0.29, 0.717) is 12.1 Å². The number of esters is 1. The minimum absolute atomic E-state index is 0.0575. The van der Waals surface area contributed by atoms with Crippen molar-refractivity contribution in [3.8, 4) is 5.75 Å². The van der Waals surface area contributed by atoms with E-state index < -0.39 is 5.97 Å². The molecule has 27 heavy (non-hydrogen) atoms. The SMILES string of the molecule is COc1ccc(CCC(=O)OCC(=O)Nc2ccc(C(C)(C)C)cc2)cc1. The summed E-state index contributed by atoms with van der Waals surface area (Å²) in [6.45, 7) is 6.10. The van der Waals surface area contributed by atoms with Gasteiger partial charge in [0.1, 0.15) is 5.75 Å². The van der Waals surface area contributed by atoms with E-state index in [2.05, 4.69) is 26.1 Å². The number of anilines is 1. The van der Waals surface area contributed by atoms with Crippen molar-refractivity contribution < 1.29 is 19.1 Å². The van der Waals surface area contributed by atoms with Crippen LogP contribution in [0.3, 0.4) is 0 Å². The van der Waals surface area contributed by atoms with Gasteiger partial charge in [0.05, 0.1) is 7.11 Å². The fraction of sp³-hybridized carbons (Fsp3) is 0.364. The highest BCUT2D eigenvalue weighted by Crippen LogP contribution is 2.23. The van der Waals surface area contributed by atoms with Crippen molar-refractivity contribution in [2.45, 2.75) is 39.0 Å². The van der Waals surface area contributed by atoms with Crippen LogP contribution in [0.4, 0.5) is 5.69 Å². The first kappa shape index (κ1) is 20.5. The van der Waals surface area contributed by atoms with E-state index in [1.165, 1.54) is 5.56 Å². The number of ether oxygens (including phenoxy) is 2. The topological polar surface area (TPSA) is 64.6 Å². The van der Waals surface area contributed by atoms with E-state index >= 15 is 0 Å². The molecule has 0 aliphatic carbocycles. The predicted octanol–water partition coefficient (Wildman–Crippen LogP) is 4.11. The second-order valence-corrected chi connectivity index (χ2v) is 7.38. The lowest BCUT2D eigenvalue weighted by atomic mass is 9.87. The van der Waals surface area contributed by atoms with Gasteiger partial charge in [0.15, 0.2) is 6.61 Å². The van der Waals surface area contributed by atoms with Crippen molar-refractivity contribution in [3.05, 3.63) is 59.7 Å². The molecule has 0 radical (unpaired) electrons. The summed E-state index contributed by atoms with van der Waals surface area (Å²) in [6.07, 6.45) is 0.776. The Balaban J connectivity index is 1.73. The fourth-order valence-corrected chi connectivity index (χ4v) is 2.51. The molecule has 0 spiro atoms. The van der Waals surface area contributed by atoms with Crippen LogP contribution in [0, 0.1) is 0 Å². The number of amides is 1. The van der Waals surface area contributed by atoms with E-state index in [1.54, 1.807) is 7.11 Å². The molecule has 0 aliphatic rings. The Kier molecular flexibility index (Phi) is 6.99. The second kappa shape index (κ2) is 9.21. The van der Waals surface area contributed by atoms with Gasteiger partial charge >= 0.3 is 5.97 Å². The zero-order valence-corrected chi connectivity index (χ0v) is 16.4. The number of carbonyl (C=O) groups excluding carboxylic acids is 2. The third-order valence-electron chi connectivity index (χ3n) is 4.18. The average Bonchev–Trinajstić information content (AvgIpc) is 2.65. The smallest absolute Gasteiger partial charge is 0.306 e. The average molecular weight is 369 g/mol. The van der Waals surface area contributed by atoms with Gasteiger partial charge in [-0.2, -0.15) is 0 Å². The van der Waals surface area contributed by atoms with Crippen LogP contribution < -0.4 is 10.1 Å². The predicted molar refractivity (Wildman–Crippen MR) is 106 cm³/mol. The molecule has 1 amide bonds. The Morgan fingerprint density at radius 2 is 1.59 bits per heavy atom. The quantitative estimate of drug-likeness (QED) is 0.746. The standard InChI is InChI=1S/C22H27NO4/c1-22(2,3)17-8-10-18(11-9-17)23-20(24)15-27-21(25)14-7-16-5-12-19(26-4)13-6-16/h5-6,8-13H,7,14-15H2,1-4H3,(H,23,24). The van der Waals surface area contributed by atoms with Crippen LogP contribution in [0.5, 0.6) is 5.75 Å². The summed E-state index contributed by atoms with van der Waals surface area (Å²) < 4.78 is 10.1. The van der Waals surface area contributed by atoms with E-state index in [9.17, 15) is 9.59 Å². The second-order valence-electron chi connectivity index (χ2n) is 7.38. The van der Waals surface area contributed by atoms with Crippen molar-refractivity contribution >= 4 is 17.6 Å². The van der Waals surface area contributed by atoms with Crippen LogP contribution in [0.1, 0.15) is 38.3 Å². The summed E-state index contributed by atoms with van der Waals surface area (Å²) >= 11 is 0. The summed E-state index contributed by atoms with van der Waals surface area (Å²) in [4.78, 5) is 23.8. The molecule has 0 saturated carbocycles. The third kappa shape index (κ3) is 6.77. The van der Waals surface area contributed by atoms with E-state index in [0.717, 1.165) is 11.3 Å². The number of rotatable bonds is 7. The maximum atomic E-state index is 11.9. The van der Waals surface area contributed by atoms with Crippen LogP contribution in [0.15, 0.2) is 48.5 Å². The summed E-state index contributed by atoms with van der Waals surface area (Å²) in [5, 5.41) is 2.73. The molecule has 0 aromatic heterocycles. The number of nitrogens with one attached hydrogen (secondary N) is 1. The van der Waals surface area contributed by atoms with Crippen LogP contribution in [0.25, 0.3) is 0 Å². The molecule has 0 aliphatic heterocycles. The zero-order chi connectivity index (χ0) is 19.9. The number of benzene rings is 2. The molecule has 2 rings (SSSR count). The molecule has 0 bridgehead atoms. The Hall–Kier alpha value is -2.82. The molecule has 1 N–H and O–H groups in total. The Bertz CT molecular complexity index is 758. The van der Waals surface area contributed by atoms with E-state index in [-0.39, 0.29) is 24.3 Å².